The molecule has 0 radical (unpaired) electrons. The van der Waals surface area contributed by atoms with Crippen LogP contribution in [-0.2, 0) is 16.0 Å². The number of rotatable bonds is 3. The Bertz CT molecular complexity index is 885. The number of carbonyl (C=O) groups is 1. The van der Waals surface area contributed by atoms with Crippen LogP contribution < -0.4 is 0 Å². The van der Waals surface area contributed by atoms with E-state index in [0.717, 1.165) is 35.3 Å². The van der Waals surface area contributed by atoms with Crippen LogP contribution in [0.25, 0.3) is 16.9 Å². The van der Waals surface area contributed by atoms with Crippen LogP contribution in [0.1, 0.15) is 30.4 Å². The second-order valence-corrected chi connectivity index (χ2v) is 5.69. The van der Waals surface area contributed by atoms with Crippen molar-refractivity contribution < 1.29 is 9.53 Å². The zero-order valence-electron chi connectivity index (χ0n) is 12.9. The number of hydrogen-bond donors (Lipinski definition) is 0. The fraction of sp³-hybridized carbons (Fsp3) is 0.278. The Labute approximate surface area is 133 Å². The molecular weight excluding hydrogens is 290 g/mol. The molecular formula is C18H17N3O2. The summed E-state index contributed by atoms with van der Waals surface area (Å²) < 4.78 is 7.16. The van der Waals surface area contributed by atoms with Crippen LogP contribution >= 0.6 is 0 Å². The zero-order chi connectivity index (χ0) is 15.8. The van der Waals surface area contributed by atoms with Crippen LogP contribution in [0.5, 0.6) is 0 Å². The minimum atomic E-state index is -0.128. The first kappa shape index (κ1) is 13.9. The third-order valence-electron chi connectivity index (χ3n) is 4.36. The number of ether oxygens (including phenoxy) is 1. The normalized spacial score (nSPS) is 16.5. The quantitative estimate of drug-likeness (QED) is 0.698. The number of aromatic nitrogens is 3. The van der Waals surface area contributed by atoms with Gasteiger partial charge in [-0.15, -0.1) is 0 Å². The highest BCUT2D eigenvalue weighted by Gasteiger charge is 2.29. The second-order valence-electron chi connectivity index (χ2n) is 5.69. The van der Waals surface area contributed by atoms with Crippen LogP contribution in [-0.4, -0.2) is 27.1 Å². The summed E-state index contributed by atoms with van der Waals surface area (Å²) in [6, 6.07) is 10.0. The highest BCUT2D eigenvalue weighted by atomic mass is 16.5. The van der Waals surface area contributed by atoms with Gasteiger partial charge in [-0.25, -0.2) is 9.97 Å². The molecule has 1 unspecified atom stereocenters. The predicted molar refractivity (Wildman–Crippen MR) is 86.6 cm³/mol. The van der Waals surface area contributed by atoms with Crippen molar-refractivity contribution in [2.75, 3.05) is 6.61 Å². The molecule has 0 bridgehead atoms. The summed E-state index contributed by atoms with van der Waals surface area (Å²) in [5.41, 5.74) is 5.03. The van der Waals surface area contributed by atoms with Crippen molar-refractivity contribution in [3.05, 3.63) is 54.0 Å². The molecule has 23 heavy (non-hydrogen) atoms. The molecule has 0 fully saturated rings. The number of fused-ring (bicyclic) bond motifs is 2. The van der Waals surface area contributed by atoms with E-state index in [-0.39, 0.29) is 11.9 Å². The molecule has 0 spiro atoms. The number of aryl methyl sites for hydroxylation is 1. The van der Waals surface area contributed by atoms with E-state index >= 15 is 0 Å². The van der Waals surface area contributed by atoms with Crippen LogP contribution in [0, 0.1) is 0 Å². The lowest BCUT2D eigenvalue weighted by atomic mass is 10.0. The van der Waals surface area contributed by atoms with Crippen molar-refractivity contribution in [2.24, 2.45) is 0 Å². The Morgan fingerprint density at radius 2 is 2.26 bits per heavy atom. The van der Waals surface area contributed by atoms with Crippen LogP contribution in [0.2, 0.25) is 0 Å². The summed E-state index contributed by atoms with van der Waals surface area (Å²) in [7, 11) is 0. The maximum Gasteiger partial charge on any atom is 0.313 e. The minimum absolute atomic E-state index is 0.117. The first-order valence-electron chi connectivity index (χ1n) is 7.86. The standard InChI is InChI=1S/C18H17N3O2/c1-2-23-18(22)15-7-5-12-10-13(6-8-14(12)15)21-11-20-16-4-3-9-19-17(16)21/h3-4,6,8-11,15H,2,5,7H2,1H3. The van der Waals surface area contributed by atoms with Crippen LogP contribution in [0.3, 0.4) is 0 Å². The summed E-state index contributed by atoms with van der Waals surface area (Å²) in [4.78, 5) is 20.8. The molecule has 5 nitrogen and oxygen atoms in total. The van der Waals surface area contributed by atoms with Gasteiger partial charge in [0, 0.05) is 11.9 Å². The second kappa shape index (κ2) is 5.50. The predicted octanol–water partition coefficient (Wildman–Crippen LogP) is 3.01. The maximum absolute atomic E-state index is 12.0. The average Bonchev–Trinajstić information content (AvgIpc) is 3.18. The van der Waals surface area contributed by atoms with E-state index < -0.39 is 0 Å². The van der Waals surface area contributed by atoms with Crippen molar-refractivity contribution in [1.29, 1.82) is 0 Å². The van der Waals surface area contributed by atoms with Gasteiger partial charge in [-0.1, -0.05) is 6.07 Å². The van der Waals surface area contributed by atoms with Crippen LogP contribution in [0.15, 0.2) is 42.9 Å². The highest BCUT2D eigenvalue weighted by Crippen LogP contribution is 2.35. The van der Waals surface area contributed by atoms with Gasteiger partial charge < -0.3 is 4.74 Å². The number of pyridine rings is 1. The largest absolute Gasteiger partial charge is 0.466 e. The molecule has 0 amide bonds. The zero-order valence-corrected chi connectivity index (χ0v) is 12.9. The molecule has 0 saturated carbocycles. The van der Waals surface area contributed by atoms with Crippen molar-refractivity contribution in [3.8, 4) is 5.69 Å². The summed E-state index contributed by atoms with van der Waals surface area (Å²) in [6.07, 6.45) is 5.27. The number of carbonyl (C=O) groups excluding carboxylic acids is 1. The summed E-state index contributed by atoms with van der Waals surface area (Å²) in [6.45, 7) is 2.27. The van der Waals surface area contributed by atoms with E-state index in [9.17, 15) is 4.79 Å². The van der Waals surface area contributed by atoms with Gasteiger partial charge in [0.05, 0.1) is 12.5 Å². The van der Waals surface area contributed by atoms with Crippen molar-refractivity contribution in [2.45, 2.75) is 25.7 Å². The molecule has 1 aliphatic carbocycles. The monoisotopic (exact) mass is 307 g/mol. The maximum atomic E-state index is 12.0. The lowest BCUT2D eigenvalue weighted by Crippen LogP contribution is -2.13. The van der Waals surface area contributed by atoms with Gasteiger partial charge in [-0.05, 0) is 55.2 Å². The Hall–Kier alpha value is -2.69. The van der Waals surface area contributed by atoms with Crippen molar-refractivity contribution in [1.82, 2.24) is 14.5 Å². The summed E-state index contributed by atoms with van der Waals surface area (Å²) in [5.74, 6) is -0.245. The molecule has 1 aromatic carbocycles. The fourth-order valence-electron chi connectivity index (χ4n) is 3.28. The van der Waals surface area contributed by atoms with Crippen molar-refractivity contribution >= 4 is 17.1 Å². The number of hydrogen-bond acceptors (Lipinski definition) is 4. The molecule has 3 aromatic rings. The van der Waals surface area contributed by atoms with Gasteiger partial charge in [0.1, 0.15) is 11.8 Å². The molecule has 116 valence electrons. The van der Waals surface area contributed by atoms with E-state index in [1.54, 1.807) is 12.5 Å². The molecule has 5 heteroatoms. The molecule has 0 aliphatic heterocycles. The Morgan fingerprint density at radius 3 is 3.13 bits per heavy atom. The van der Waals surface area contributed by atoms with E-state index in [1.807, 2.05) is 35.8 Å². The first-order chi connectivity index (χ1) is 11.3. The van der Waals surface area contributed by atoms with E-state index in [0.29, 0.717) is 6.61 Å². The molecule has 2 aromatic heterocycles. The Kier molecular flexibility index (Phi) is 3.33. The van der Waals surface area contributed by atoms with E-state index in [4.69, 9.17) is 4.74 Å². The highest BCUT2D eigenvalue weighted by molar-refractivity contribution is 5.80. The fourth-order valence-corrected chi connectivity index (χ4v) is 3.28. The van der Waals surface area contributed by atoms with E-state index in [1.165, 1.54) is 5.56 Å². The van der Waals surface area contributed by atoms with Gasteiger partial charge in [-0.2, -0.15) is 0 Å². The smallest absolute Gasteiger partial charge is 0.313 e. The van der Waals surface area contributed by atoms with Crippen molar-refractivity contribution in [3.63, 3.8) is 0 Å². The third-order valence-corrected chi connectivity index (χ3v) is 4.36. The molecule has 1 aliphatic rings. The van der Waals surface area contributed by atoms with Gasteiger partial charge in [0.15, 0.2) is 5.65 Å². The van der Waals surface area contributed by atoms with Gasteiger partial charge in [-0.3, -0.25) is 9.36 Å². The average molecular weight is 307 g/mol. The number of esters is 1. The summed E-state index contributed by atoms with van der Waals surface area (Å²) in [5, 5.41) is 0. The molecule has 0 N–H and O–H groups in total. The number of benzene rings is 1. The lowest BCUT2D eigenvalue weighted by Gasteiger charge is -2.11. The van der Waals surface area contributed by atoms with E-state index in [2.05, 4.69) is 16.0 Å². The minimum Gasteiger partial charge on any atom is -0.466 e. The first-order valence-corrected chi connectivity index (χ1v) is 7.86. The molecule has 2 heterocycles. The summed E-state index contributed by atoms with van der Waals surface area (Å²) >= 11 is 0. The Balaban J connectivity index is 1.73. The van der Waals surface area contributed by atoms with Gasteiger partial charge >= 0.3 is 5.97 Å². The van der Waals surface area contributed by atoms with Crippen LogP contribution in [0.4, 0.5) is 0 Å². The third kappa shape index (κ3) is 2.29. The number of imidazole rings is 1. The number of nitrogens with zero attached hydrogens (tertiary/aromatic N) is 3. The molecule has 1 atom stereocenters. The lowest BCUT2D eigenvalue weighted by molar-refractivity contribution is -0.144. The topological polar surface area (TPSA) is 57.0 Å². The SMILES string of the molecule is CCOC(=O)C1CCc2cc(-n3cnc4cccnc43)ccc21. The Morgan fingerprint density at radius 1 is 1.35 bits per heavy atom. The molecule has 4 rings (SSSR count). The van der Waals surface area contributed by atoms with Gasteiger partial charge in [0.2, 0.25) is 0 Å². The molecule has 0 saturated heterocycles. The van der Waals surface area contributed by atoms with Gasteiger partial charge in [0.25, 0.3) is 0 Å².